The van der Waals surface area contributed by atoms with Gasteiger partial charge in [-0.3, -0.25) is 9.69 Å². The molecule has 1 aliphatic rings. The molecule has 0 radical (unpaired) electrons. The molecule has 3 nitrogen and oxygen atoms in total. The zero-order valence-corrected chi connectivity index (χ0v) is 16.1. The van der Waals surface area contributed by atoms with E-state index < -0.39 is 12.0 Å². The summed E-state index contributed by atoms with van der Waals surface area (Å²) in [5.41, 5.74) is 1.92. The van der Waals surface area contributed by atoms with E-state index in [4.69, 9.17) is 23.2 Å². The molecule has 2 unspecified atom stereocenters. The molecule has 0 amide bonds. The fraction of sp³-hybridized carbons (Fsp3) is 0.316. The lowest BCUT2D eigenvalue weighted by molar-refractivity contribution is -0.142. The van der Waals surface area contributed by atoms with E-state index in [0.29, 0.717) is 16.5 Å². The SMILES string of the molecule is CSc1ccc(C(c2ccc(Cl)cc2Cl)N2CCCC2C(=O)O)cc1. The van der Waals surface area contributed by atoms with Crippen LogP contribution in [-0.2, 0) is 4.79 Å². The highest BCUT2D eigenvalue weighted by Crippen LogP contribution is 2.39. The van der Waals surface area contributed by atoms with Crippen LogP contribution in [0.3, 0.4) is 0 Å². The number of benzene rings is 2. The predicted molar refractivity (Wildman–Crippen MR) is 104 cm³/mol. The van der Waals surface area contributed by atoms with Crippen molar-refractivity contribution in [3.8, 4) is 0 Å². The number of hydrogen-bond acceptors (Lipinski definition) is 3. The lowest BCUT2D eigenvalue weighted by Gasteiger charge is -2.32. The summed E-state index contributed by atoms with van der Waals surface area (Å²) in [6.07, 6.45) is 3.55. The number of rotatable bonds is 5. The van der Waals surface area contributed by atoms with E-state index >= 15 is 0 Å². The molecule has 0 aliphatic carbocycles. The van der Waals surface area contributed by atoms with Crippen molar-refractivity contribution in [3.05, 3.63) is 63.6 Å². The first kappa shape index (κ1) is 18.6. The Bertz CT molecular complexity index is 767. The molecule has 1 heterocycles. The average Bonchev–Trinajstić information content (AvgIpc) is 3.07. The highest BCUT2D eigenvalue weighted by molar-refractivity contribution is 7.98. The highest BCUT2D eigenvalue weighted by Gasteiger charge is 2.37. The van der Waals surface area contributed by atoms with Crippen LogP contribution in [0.1, 0.15) is 30.0 Å². The Balaban J connectivity index is 2.08. The summed E-state index contributed by atoms with van der Waals surface area (Å²) in [6, 6.07) is 12.9. The Hall–Kier alpha value is -1.20. The van der Waals surface area contributed by atoms with Gasteiger partial charge in [0, 0.05) is 21.5 Å². The Kier molecular flexibility index (Phi) is 5.95. The number of carboxylic acid groups (broad SMARTS) is 1. The van der Waals surface area contributed by atoms with Gasteiger partial charge in [-0.25, -0.2) is 0 Å². The van der Waals surface area contributed by atoms with Crippen molar-refractivity contribution in [1.82, 2.24) is 4.90 Å². The van der Waals surface area contributed by atoms with Crippen LogP contribution >= 0.6 is 35.0 Å². The molecule has 1 saturated heterocycles. The quantitative estimate of drug-likeness (QED) is 0.692. The van der Waals surface area contributed by atoms with E-state index in [0.717, 1.165) is 24.1 Å². The van der Waals surface area contributed by atoms with E-state index in [-0.39, 0.29) is 6.04 Å². The average molecular weight is 396 g/mol. The largest absolute Gasteiger partial charge is 0.480 e. The van der Waals surface area contributed by atoms with E-state index in [1.807, 2.05) is 17.2 Å². The minimum Gasteiger partial charge on any atom is -0.480 e. The van der Waals surface area contributed by atoms with Gasteiger partial charge in [-0.15, -0.1) is 11.8 Å². The Morgan fingerprint density at radius 1 is 1.24 bits per heavy atom. The highest BCUT2D eigenvalue weighted by atomic mass is 35.5. The Labute approximate surface area is 161 Å². The fourth-order valence-corrected chi connectivity index (χ4v) is 4.34. The number of nitrogens with zero attached hydrogens (tertiary/aromatic N) is 1. The van der Waals surface area contributed by atoms with Crippen LogP contribution in [-0.4, -0.2) is 34.8 Å². The van der Waals surface area contributed by atoms with Gasteiger partial charge in [-0.1, -0.05) is 41.4 Å². The minimum atomic E-state index is -0.784. The summed E-state index contributed by atoms with van der Waals surface area (Å²) < 4.78 is 0. The molecule has 1 aliphatic heterocycles. The number of carbonyl (C=O) groups is 1. The molecule has 3 rings (SSSR count). The smallest absolute Gasteiger partial charge is 0.320 e. The van der Waals surface area contributed by atoms with Gasteiger partial charge in [0.1, 0.15) is 6.04 Å². The third kappa shape index (κ3) is 3.98. The number of halogens is 2. The minimum absolute atomic E-state index is 0.204. The van der Waals surface area contributed by atoms with E-state index in [1.165, 1.54) is 4.90 Å². The van der Waals surface area contributed by atoms with Crippen LogP contribution in [0.4, 0.5) is 0 Å². The van der Waals surface area contributed by atoms with Crippen molar-refractivity contribution in [1.29, 1.82) is 0 Å². The molecule has 0 spiro atoms. The summed E-state index contributed by atoms with van der Waals surface area (Å²) >= 11 is 14.2. The van der Waals surface area contributed by atoms with Crippen LogP contribution in [0, 0.1) is 0 Å². The van der Waals surface area contributed by atoms with Gasteiger partial charge in [0.15, 0.2) is 0 Å². The van der Waals surface area contributed by atoms with Gasteiger partial charge in [0.2, 0.25) is 0 Å². The van der Waals surface area contributed by atoms with Gasteiger partial charge in [-0.2, -0.15) is 0 Å². The summed E-state index contributed by atoms with van der Waals surface area (Å²) in [6.45, 7) is 0.727. The number of hydrogen-bond donors (Lipinski definition) is 1. The molecule has 1 N–H and O–H groups in total. The molecule has 25 heavy (non-hydrogen) atoms. The van der Waals surface area contributed by atoms with Crippen molar-refractivity contribution in [2.75, 3.05) is 12.8 Å². The second-order valence-corrected chi connectivity index (χ2v) is 7.80. The van der Waals surface area contributed by atoms with Crippen molar-refractivity contribution in [2.24, 2.45) is 0 Å². The molecular formula is C19H19Cl2NO2S. The van der Waals surface area contributed by atoms with Crippen LogP contribution in [0.2, 0.25) is 10.0 Å². The van der Waals surface area contributed by atoms with E-state index in [1.54, 1.807) is 23.9 Å². The van der Waals surface area contributed by atoms with Crippen molar-refractivity contribution < 1.29 is 9.90 Å². The zero-order chi connectivity index (χ0) is 18.0. The van der Waals surface area contributed by atoms with Gasteiger partial charge in [0.25, 0.3) is 0 Å². The molecule has 2 aromatic rings. The molecule has 132 valence electrons. The fourth-order valence-electron chi connectivity index (χ4n) is 3.42. The van der Waals surface area contributed by atoms with Crippen molar-refractivity contribution in [2.45, 2.75) is 29.8 Å². The van der Waals surface area contributed by atoms with Gasteiger partial charge < -0.3 is 5.11 Å². The molecule has 0 saturated carbocycles. The van der Waals surface area contributed by atoms with Gasteiger partial charge in [0.05, 0.1) is 6.04 Å². The third-order valence-electron chi connectivity index (χ3n) is 4.60. The van der Waals surface area contributed by atoms with Crippen LogP contribution in [0.5, 0.6) is 0 Å². The number of likely N-dealkylation sites (tertiary alicyclic amines) is 1. The van der Waals surface area contributed by atoms with Gasteiger partial charge >= 0.3 is 5.97 Å². The first-order valence-corrected chi connectivity index (χ1v) is 10.1. The summed E-state index contributed by atoms with van der Waals surface area (Å²) in [5.74, 6) is -0.784. The standard InChI is InChI=1S/C19H19Cl2NO2S/c1-25-14-7-4-12(5-8-14)18(15-9-6-13(20)11-16(15)21)22-10-2-3-17(22)19(23)24/h4-9,11,17-18H,2-3,10H2,1H3,(H,23,24). The molecule has 1 fully saturated rings. The predicted octanol–water partition coefficient (Wildman–Crippen LogP) is 5.35. The third-order valence-corrected chi connectivity index (χ3v) is 5.91. The number of aliphatic carboxylic acids is 1. The Morgan fingerprint density at radius 3 is 2.56 bits per heavy atom. The lowest BCUT2D eigenvalue weighted by Crippen LogP contribution is -2.39. The van der Waals surface area contributed by atoms with Crippen LogP contribution < -0.4 is 0 Å². The molecule has 0 bridgehead atoms. The second kappa shape index (κ2) is 8.00. The zero-order valence-electron chi connectivity index (χ0n) is 13.8. The van der Waals surface area contributed by atoms with E-state index in [9.17, 15) is 9.90 Å². The number of thioether (sulfide) groups is 1. The molecule has 6 heteroatoms. The molecular weight excluding hydrogens is 377 g/mol. The van der Waals surface area contributed by atoms with Crippen LogP contribution in [0.25, 0.3) is 0 Å². The summed E-state index contributed by atoms with van der Waals surface area (Å²) in [7, 11) is 0. The molecule has 2 atom stereocenters. The lowest BCUT2D eigenvalue weighted by atomic mass is 9.96. The normalized spacial score (nSPS) is 19.1. The summed E-state index contributed by atoms with van der Waals surface area (Å²) in [5, 5.41) is 10.8. The van der Waals surface area contributed by atoms with Crippen molar-refractivity contribution >= 4 is 40.9 Å². The topological polar surface area (TPSA) is 40.5 Å². The first-order chi connectivity index (χ1) is 12.0. The Morgan fingerprint density at radius 2 is 1.96 bits per heavy atom. The number of carboxylic acids is 1. The van der Waals surface area contributed by atoms with E-state index in [2.05, 4.69) is 24.3 Å². The second-order valence-electron chi connectivity index (χ2n) is 6.08. The van der Waals surface area contributed by atoms with Crippen LogP contribution in [0.15, 0.2) is 47.4 Å². The maximum absolute atomic E-state index is 11.7. The molecule has 2 aromatic carbocycles. The maximum Gasteiger partial charge on any atom is 0.320 e. The first-order valence-electron chi connectivity index (χ1n) is 8.08. The van der Waals surface area contributed by atoms with Crippen molar-refractivity contribution in [3.63, 3.8) is 0 Å². The molecule has 0 aromatic heterocycles. The summed E-state index contributed by atoms with van der Waals surface area (Å²) in [4.78, 5) is 14.9. The van der Waals surface area contributed by atoms with Gasteiger partial charge in [-0.05, 0) is 54.5 Å². The maximum atomic E-state index is 11.7. The monoisotopic (exact) mass is 395 g/mol.